The third-order valence-corrected chi connectivity index (χ3v) is 6.32. The van der Waals surface area contributed by atoms with Gasteiger partial charge in [0, 0.05) is 25.6 Å². The number of carbonyl (C=O) groups excluding carboxylic acids is 2. The molecule has 4 rings (SSSR count). The van der Waals surface area contributed by atoms with Crippen LogP contribution in [0.4, 0.5) is 15.0 Å². The van der Waals surface area contributed by atoms with Crippen LogP contribution in [0.3, 0.4) is 0 Å². The second-order valence-electron chi connectivity index (χ2n) is 9.82. The normalized spacial score (nSPS) is 19.5. The summed E-state index contributed by atoms with van der Waals surface area (Å²) in [4.78, 5) is 42.0. The Bertz CT molecular complexity index is 1130. The van der Waals surface area contributed by atoms with Crippen molar-refractivity contribution in [2.24, 2.45) is 5.92 Å². The Kier molecular flexibility index (Phi) is 10.9. The molecule has 2 aliphatic heterocycles. The Labute approximate surface area is 226 Å². The number of aliphatic carboxylic acids is 1. The number of carboxylic acids is 1. The molecular weight excluding hydrogens is 509 g/mol. The number of pyridine rings is 1. The van der Waals surface area contributed by atoms with E-state index in [1.165, 1.54) is 24.4 Å². The molecule has 0 fully saturated rings. The number of nitrogens with zero attached hydrogens (tertiary/aromatic N) is 1. The summed E-state index contributed by atoms with van der Waals surface area (Å²) in [6.07, 6.45) is 2.73. The van der Waals surface area contributed by atoms with Crippen molar-refractivity contribution in [3.8, 4) is 5.75 Å². The van der Waals surface area contributed by atoms with Crippen LogP contribution in [0.2, 0.25) is 0 Å². The largest absolute Gasteiger partial charge is 0.491 e. The molecule has 0 saturated heterocycles. The summed E-state index contributed by atoms with van der Waals surface area (Å²) >= 11 is 0. The summed E-state index contributed by atoms with van der Waals surface area (Å²) in [6.45, 7) is 4.95. The Morgan fingerprint density at radius 3 is 2.67 bits per heavy atom. The minimum atomic E-state index is -1.30. The lowest BCUT2D eigenvalue weighted by Crippen LogP contribution is -2.56. The van der Waals surface area contributed by atoms with Gasteiger partial charge >= 0.3 is 12.0 Å². The minimum absolute atomic E-state index is 0.0345. The molecule has 0 saturated carbocycles. The van der Waals surface area contributed by atoms with E-state index < -0.39 is 35.8 Å². The maximum absolute atomic E-state index is 14.7. The van der Waals surface area contributed by atoms with Crippen LogP contribution in [0.15, 0.2) is 36.5 Å². The first-order valence-corrected chi connectivity index (χ1v) is 12.9. The number of fused-ring (bicyclic) bond motifs is 13. The topological polar surface area (TPSA) is 165 Å². The van der Waals surface area contributed by atoms with E-state index in [-0.39, 0.29) is 43.0 Å². The van der Waals surface area contributed by atoms with E-state index in [9.17, 15) is 23.9 Å². The highest BCUT2D eigenvalue weighted by Gasteiger charge is 2.28. The molecule has 1 aromatic carbocycles. The highest BCUT2D eigenvalue weighted by Crippen LogP contribution is 2.20. The summed E-state index contributed by atoms with van der Waals surface area (Å²) in [7, 11) is 0. The van der Waals surface area contributed by atoms with E-state index in [1.54, 1.807) is 12.1 Å². The number of rotatable bonds is 6. The second kappa shape index (κ2) is 14.3. The molecule has 11 nitrogen and oxygen atoms in total. The number of ether oxygens (including phenoxy) is 2. The number of nitrogen functional groups attached to an aromatic ring is 1. The summed E-state index contributed by atoms with van der Waals surface area (Å²) in [6, 6.07) is 3.90. The number of nitrogens with two attached hydrogens (primary N) is 1. The Morgan fingerprint density at radius 2 is 2.00 bits per heavy atom. The molecule has 3 amide bonds. The zero-order valence-corrected chi connectivity index (χ0v) is 22.1. The van der Waals surface area contributed by atoms with E-state index in [0.29, 0.717) is 37.2 Å². The van der Waals surface area contributed by atoms with Crippen LogP contribution >= 0.6 is 0 Å². The first-order chi connectivity index (χ1) is 18.6. The van der Waals surface area contributed by atoms with Crippen LogP contribution < -0.4 is 26.4 Å². The number of hydrogen-bond acceptors (Lipinski definition) is 7. The summed E-state index contributed by atoms with van der Waals surface area (Å²) in [5.41, 5.74) is 6.58. The van der Waals surface area contributed by atoms with Crippen LogP contribution in [-0.2, 0) is 27.2 Å². The summed E-state index contributed by atoms with van der Waals surface area (Å²) < 4.78 is 25.9. The predicted molar refractivity (Wildman–Crippen MR) is 142 cm³/mol. The fourth-order valence-corrected chi connectivity index (χ4v) is 3.97. The number of benzene rings is 1. The van der Waals surface area contributed by atoms with Crippen molar-refractivity contribution in [2.45, 2.75) is 57.7 Å². The molecule has 3 atom stereocenters. The van der Waals surface area contributed by atoms with Crippen molar-refractivity contribution in [3.05, 3.63) is 53.5 Å². The highest BCUT2D eigenvalue weighted by atomic mass is 19.1. The monoisotopic (exact) mass is 545 g/mol. The van der Waals surface area contributed by atoms with Crippen LogP contribution in [0, 0.1) is 11.7 Å². The lowest BCUT2D eigenvalue weighted by molar-refractivity contribution is -0.139. The average Bonchev–Trinajstić information content (AvgIpc) is 2.88. The molecule has 0 aliphatic carbocycles. The molecule has 12 heteroatoms. The molecule has 6 N–H and O–H groups in total. The molecule has 1 aromatic heterocycles. The molecule has 0 spiro atoms. The maximum atomic E-state index is 14.7. The Balaban J connectivity index is 1.79. The molecule has 1 unspecified atom stereocenters. The molecular formula is C27H36FN5O6. The first-order valence-electron chi connectivity index (χ1n) is 12.9. The van der Waals surface area contributed by atoms with E-state index in [4.69, 9.17) is 15.2 Å². The van der Waals surface area contributed by atoms with Crippen molar-refractivity contribution in [2.75, 3.05) is 25.6 Å². The van der Waals surface area contributed by atoms with Gasteiger partial charge in [0.2, 0.25) is 5.91 Å². The fraction of sp³-hybridized carbons (Fsp3) is 0.481. The fourth-order valence-electron chi connectivity index (χ4n) is 3.97. The Morgan fingerprint density at radius 1 is 1.23 bits per heavy atom. The van der Waals surface area contributed by atoms with Crippen molar-refractivity contribution in [1.82, 2.24) is 20.9 Å². The number of anilines is 1. The van der Waals surface area contributed by atoms with E-state index in [2.05, 4.69) is 20.9 Å². The van der Waals surface area contributed by atoms with Gasteiger partial charge in [-0.2, -0.15) is 0 Å². The van der Waals surface area contributed by atoms with Crippen LogP contribution in [0.1, 0.15) is 37.8 Å². The standard InChI is InChI=1S/C27H36FN5O6/c1-16(2)22-15-38-9-3-4-10-39-23-7-5-17(11-19(23)28)12-20(25(34)31-22)32-27(37)33-21(26(35)36)13-18-6-8-24(29)30-14-18/h5-8,11,14,16,20-22H,3-4,9-10,12-13,15H2,1-2H3,(H2,29,30)(H,31,34)(H,35,36)(H2,32,33,37)/t20-,21?,22-/m1/s1. The maximum Gasteiger partial charge on any atom is 0.326 e. The van der Waals surface area contributed by atoms with Crippen LogP contribution in [-0.4, -0.2) is 65.9 Å². The number of amides is 3. The second-order valence-corrected chi connectivity index (χ2v) is 9.82. The van der Waals surface area contributed by atoms with Gasteiger partial charge in [0.15, 0.2) is 11.6 Å². The van der Waals surface area contributed by atoms with Crippen LogP contribution in [0.5, 0.6) is 5.75 Å². The molecule has 2 aliphatic rings. The lowest BCUT2D eigenvalue weighted by atomic mass is 10.0. The SMILES string of the molecule is CC(C)[C@H]1COCCCCOc2ccc(cc2F)C[C@@H](NC(=O)NC(Cc2ccc(N)nc2)C(=O)O)C(=O)N1. The number of urea groups is 1. The van der Waals surface area contributed by atoms with Gasteiger partial charge in [0.05, 0.1) is 19.3 Å². The van der Waals surface area contributed by atoms with E-state index in [0.717, 1.165) is 0 Å². The Hall–Kier alpha value is -3.93. The van der Waals surface area contributed by atoms with Gasteiger partial charge < -0.3 is 36.3 Å². The van der Waals surface area contributed by atoms with Crippen molar-refractivity contribution in [3.63, 3.8) is 0 Å². The van der Waals surface area contributed by atoms with Gasteiger partial charge in [-0.15, -0.1) is 0 Å². The number of halogens is 1. The smallest absolute Gasteiger partial charge is 0.326 e. The van der Waals surface area contributed by atoms with Gasteiger partial charge in [-0.05, 0) is 48.1 Å². The third kappa shape index (κ3) is 9.40. The summed E-state index contributed by atoms with van der Waals surface area (Å²) in [5, 5.41) is 17.5. The highest BCUT2D eigenvalue weighted by molar-refractivity contribution is 5.89. The van der Waals surface area contributed by atoms with E-state index >= 15 is 0 Å². The number of nitrogens with one attached hydrogen (secondary N) is 3. The van der Waals surface area contributed by atoms with Crippen molar-refractivity contribution in [1.29, 1.82) is 0 Å². The number of hydrogen-bond donors (Lipinski definition) is 5. The third-order valence-electron chi connectivity index (χ3n) is 6.32. The number of carbonyl (C=O) groups is 3. The number of aromatic nitrogens is 1. The van der Waals surface area contributed by atoms with Gasteiger partial charge in [0.1, 0.15) is 17.9 Å². The van der Waals surface area contributed by atoms with Gasteiger partial charge in [-0.25, -0.2) is 19.0 Å². The molecule has 212 valence electrons. The molecule has 39 heavy (non-hydrogen) atoms. The molecule has 2 bridgehead atoms. The quantitative estimate of drug-likeness (QED) is 0.368. The molecule has 0 radical (unpaired) electrons. The van der Waals surface area contributed by atoms with Gasteiger partial charge in [-0.3, -0.25) is 4.79 Å². The zero-order valence-electron chi connectivity index (χ0n) is 22.1. The predicted octanol–water partition coefficient (Wildman–Crippen LogP) is 2.04. The number of carboxylic acid groups (broad SMARTS) is 1. The van der Waals surface area contributed by atoms with E-state index in [1.807, 2.05) is 13.8 Å². The first kappa shape index (κ1) is 29.6. The van der Waals surface area contributed by atoms with Gasteiger partial charge in [0.25, 0.3) is 0 Å². The molecule has 2 aromatic rings. The molecule has 3 heterocycles. The summed E-state index contributed by atoms with van der Waals surface area (Å²) in [5.74, 6) is -1.94. The average molecular weight is 546 g/mol. The van der Waals surface area contributed by atoms with Crippen molar-refractivity contribution < 1.29 is 33.4 Å². The lowest BCUT2D eigenvalue weighted by Gasteiger charge is -2.27. The van der Waals surface area contributed by atoms with Crippen molar-refractivity contribution >= 4 is 23.7 Å². The van der Waals surface area contributed by atoms with Crippen LogP contribution in [0.25, 0.3) is 0 Å². The minimum Gasteiger partial charge on any atom is -0.491 e. The zero-order chi connectivity index (χ0) is 28.4. The van der Waals surface area contributed by atoms with Gasteiger partial charge in [-0.1, -0.05) is 26.0 Å².